The Hall–Kier alpha value is -0.830. The number of carboxylic acids is 1. The Morgan fingerprint density at radius 2 is 1.85 bits per heavy atom. The van der Waals surface area contributed by atoms with E-state index in [1.807, 2.05) is 0 Å². The molecule has 0 unspecified atom stereocenters. The molecule has 0 aromatic heterocycles. The van der Waals surface area contributed by atoms with Crippen molar-refractivity contribution in [1.29, 1.82) is 0 Å². The van der Waals surface area contributed by atoms with E-state index in [1.165, 1.54) is 0 Å². The first-order valence-corrected chi connectivity index (χ1v) is 4.69. The molecule has 0 aliphatic heterocycles. The lowest BCUT2D eigenvalue weighted by atomic mass is 10.1. The van der Waals surface area contributed by atoms with Crippen LogP contribution in [0.15, 0.2) is 11.6 Å². The molecule has 3 heteroatoms. The lowest BCUT2D eigenvalue weighted by molar-refractivity contribution is -0.132. The van der Waals surface area contributed by atoms with Gasteiger partial charge in [-0.25, -0.2) is 4.79 Å². The number of unbranched alkanes of at least 4 members (excludes halogenated alkanes) is 4. The van der Waals surface area contributed by atoms with Gasteiger partial charge in [0.1, 0.15) is 0 Å². The van der Waals surface area contributed by atoms with Crippen LogP contribution in [-0.4, -0.2) is 22.8 Å². The van der Waals surface area contributed by atoms with E-state index < -0.39 is 5.97 Å². The maximum atomic E-state index is 10.4. The van der Waals surface area contributed by atoms with E-state index in [2.05, 4.69) is 0 Å². The number of carbonyl (C=O) groups is 1. The molecule has 0 atom stereocenters. The number of aliphatic carboxylic acids is 1. The topological polar surface area (TPSA) is 57.5 Å². The van der Waals surface area contributed by atoms with Crippen molar-refractivity contribution in [2.24, 2.45) is 0 Å². The average molecular weight is 186 g/mol. The van der Waals surface area contributed by atoms with Crippen molar-refractivity contribution in [3.05, 3.63) is 11.6 Å². The van der Waals surface area contributed by atoms with Crippen LogP contribution in [0.5, 0.6) is 0 Å². The summed E-state index contributed by atoms with van der Waals surface area (Å²) in [7, 11) is 0. The molecule has 0 aromatic carbocycles. The molecule has 0 amide bonds. The van der Waals surface area contributed by atoms with Crippen LogP contribution in [0.2, 0.25) is 0 Å². The molecule has 0 radical (unpaired) electrons. The number of hydrogen-bond acceptors (Lipinski definition) is 2. The largest absolute Gasteiger partial charge is 0.478 e. The zero-order valence-corrected chi connectivity index (χ0v) is 8.12. The first kappa shape index (κ1) is 12.2. The summed E-state index contributed by atoms with van der Waals surface area (Å²) in [5, 5.41) is 17.0. The number of hydrogen-bond donors (Lipinski definition) is 2. The molecule has 0 fully saturated rings. The van der Waals surface area contributed by atoms with E-state index in [-0.39, 0.29) is 6.61 Å². The van der Waals surface area contributed by atoms with Crippen LogP contribution >= 0.6 is 0 Å². The third-order valence-corrected chi connectivity index (χ3v) is 1.90. The van der Waals surface area contributed by atoms with Crippen LogP contribution < -0.4 is 0 Å². The number of rotatable bonds is 7. The van der Waals surface area contributed by atoms with Crippen molar-refractivity contribution in [2.75, 3.05) is 6.61 Å². The highest BCUT2D eigenvalue weighted by Gasteiger charge is 1.97. The van der Waals surface area contributed by atoms with Crippen molar-refractivity contribution < 1.29 is 15.0 Å². The molecular formula is C10H18O3. The molecule has 2 N–H and O–H groups in total. The minimum Gasteiger partial charge on any atom is -0.478 e. The third-order valence-electron chi connectivity index (χ3n) is 1.90. The normalized spacial score (nSPS) is 11.7. The summed E-state index contributed by atoms with van der Waals surface area (Å²) in [4.78, 5) is 10.4. The first-order valence-electron chi connectivity index (χ1n) is 4.69. The Kier molecular flexibility index (Phi) is 7.30. The predicted molar refractivity (Wildman–Crippen MR) is 51.6 cm³/mol. The molecule has 0 aromatic rings. The van der Waals surface area contributed by atoms with Crippen LogP contribution in [0.4, 0.5) is 0 Å². The van der Waals surface area contributed by atoms with Gasteiger partial charge in [0.2, 0.25) is 0 Å². The fourth-order valence-electron chi connectivity index (χ4n) is 1.02. The molecule has 0 heterocycles. The molecule has 0 aliphatic rings. The maximum Gasteiger partial charge on any atom is 0.330 e. The van der Waals surface area contributed by atoms with Crippen molar-refractivity contribution >= 4 is 5.97 Å². The molecule has 0 spiro atoms. The van der Waals surface area contributed by atoms with E-state index in [0.717, 1.165) is 32.1 Å². The van der Waals surface area contributed by atoms with Crippen molar-refractivity contribution in [3.63, 3.8) is 0 Å². The van der Waals surface area contributed by atoms with Gasteiger partial charge in [0.15, 0.2) is 0 Å². The average Bonchev–Trinajstić information content (AvgIpc) is 2.10. The van der Waals surface area contributed by atoms with Gasteiger partial charge in [0.25, 0.3) is 0 Å². The summed E-state index contributed by atoms with van der Waals surface area (Å²) in [6, 6.07) is 0. The van der Waals surface area contributed by atoms with Crippen LogP contribution in [0, 0.1) is 0 Å². The van der Waals surface area contributed by atoms with Gasteiger partial charge < -0.3 is 10.2 Å². The zero-order valence-electron chi connectivity index (χ0n) is 8.12. The minimum absolute atomic E-state index is 0.254. The molecule has 76 valence electrons. The highest BCUT2D eigenvalue weighted by Crippen LogP contribution is 2.05. The van der Waals surface area contributed by atoms with Gasteiger partial charge in [-0.15, -0.1) is 0 Å². The van der Waals surface area contributed by atoms with E-state index in [9.17, 15) is 4.79 Å². The second-order valence-electron chi connectivity index (χ2n) is 3.12. The molecular weight excluding hydrogens is 168 g/mol. The first-order chi connectivity index (χ1) is 6.18. The standard InChI is InChI=1S/C10H18O3/c1-9(10(12)13)7-5-3-2-4-6-8-11/h7,11H,2-6,8H2,1H3,(H,12,13)/b9-7+. The van der Waals surface area contributed by atoms with Gasteiger partial charge in [0.05, 0.1) is 0 Å². The van der Waals surface area contributed by atoms with Gasteiger partial charge >= 0.3 is 5.97 Å². The summed E-state index contributed by atoms with van der Waals surface area (Å²) in [6.45, 7) is 1.86. The van der Waals surface area contributed by atoms with Crippen LogP contribution in [-0.2, 0) is 4.79 Å². The summed E-state index contributed by atoms with van der Waals surface area (Å²) < 4.78 is 0. The molecule has 0 bridgehead atoms. The van der Waals surface area contributed by atoms with Crippen molar-refractivity contribution in [3.8, 4) is 0 Å². The van der Waals surface area contributed by atoms with Crippen molar-refractivity contribution in [1.82, 2.24) is 0 Å². The second-order valence-corrected chi connectivity index (χ2v) is 3.12. The SMILES string of the molecule is C/C(=C\CCCCCCO)C(=O)O. The summed E-state index contributed by atoms with van der Waals surface area (Å²) in [6.07, 6.45) is 6.51. The number of carboxylic acid groups (broad SMARTS) is 1. The quantitative estimate of drug-likeness (QED) is 0.472. The highest BCUT2D eigenvalue weighted by molar-refractivity contribution is 5.85. The van der Waals surface area contributed by atoms with E-state index >= 15 is 0 Å². The van der Waals surface area contributed by atoms with E-state index in [0.29, 0.717) is 5.57 Å². The maximum absolute atomic E-state index is 10.4. The van der Waals surface area contributed by atoms with E-state index in [1.54, 1.807) is 13.0 Å². The molecule has 0 rings (SSSR count). The molecule has 3 nitrogen and oxygen atoms in total. The fraction of sp³-hybridized carbons (Fsp3) is 0.700. The predicted octanol–water partition coefficient (Wildman–Crippen LogP) is 1.96. The van der Waals surface area contributed by atoms with Crippen LogP contribution in [0.3, 0.4) is 0 Å². The Bertz CT molecular complexity index is 173. The van der Waals surface area contributed by atoms with E-state index in [4.69, 9.17) is 10.2 Å². The summed E-state index contributed by atoms with van der Waals surface area (Å²) in [5.74, 6) is -0.838. The lowest BCUT2D eigenvalue weighted by Gasteiger charge is -1.96. The minimum atomic E-state index is -0.838. The molecule has 0 saturated carbocycles. The van der Waals surface area contributed by atoms with Crippen LogP contribution in [0.1, 0.15) is 39.0 Å². The Balaban J connectivity index is 3.34. The summed E-state index contributed by atoms with van der Waals surface area (Å²) in [5.41, 5.74) is 0.419. The van der Waals surface area contributed by atoms with Gasteiger partial charge in [-0.3, -0.25) is 0 Å². The summed E-state index contributed by atoms with van der Waals surface area (Å²) >= 11 is 0. The number of allylic oxidation sites excluding steroid dienone is 1. The Labute approximate surface area is 79.1 Å². The monoisotopic (exact) mass is 186 g/mol. The van der Waals surface area contributed by atoms with Gasteiger partial charge in [-0.2, -0.15) is 0 Å². The number of aliphatic hydroxyl groups excluding tert-OH is 1. The van der Waals surface area contributed by atoms with Gasteiger partial charge in [-0.05, 0) is 26.2 Å². The number of aliphatic hydroxyl groups is 1. The van der Waals surface area contributed by atoms with Crippen molar-refractivity contribution in [2.45, 2.75) is 39.0 Å². The van der Waals surface area contributed by atoms with Gasteiger partial charge in [0, 0.05) is 12.2 Å². The Morgan fingerprint density at radius 3 is 2.38 bits per heavy atom. The molecule has 13 heavy (non-hydrogen) atoms. The second kappa shape index (κ2) is 7.80. The lowest BCUT2D eigenvalue weighted by Crippen LogP contribution is -1.95. The third kappa shape index (κ3) is 7.53. The Morgan fingerprint density at radius 1 is 1.23 bits per heavy atom. The van der Waals surface area contributed by atoms with Gasteiger partial charge in [-0.1, -0.05) is 18.9 Å². The highest BCUT2D eigenvalue weighted by atomic mass is 16.4. The van der Waals surface area contributed by atoms with Crippen LogP contribution in [0.25, 0.3) is 0 Å². The smallest absolute Gasteiger partial charge is 0.330 e. The zero-order chi connectivity index (χ0) is 10.1. The molecule has 0 saturated heterocycles. The molecule has 0 aliphatic carbocycles. The fourth-order valence-corrected chi connectivity index (χ4v) is 1.02.